The highest BCUT2D eigenvalue weighted by Crippen LogP contribution is 1.86. The minimum Gasteiger partial charge on any atom is -0.343 e. The highest BCUT2D eigenvalue weighted by molar-refractivity contribution is 4.93. The third-order valence-corrected chi connectivity index (χ3v) is 0.928. The Balaban J connectivity index is 2.67. The maximum absolute atomic E-state index is 6.61. The van der Waals surface area contributed by atoms with E-state index in [-0.39, 0.29) is 0 Å². The summed E-state index contributed by atoms with van der Waals surface area (Å²) in [6.07, 6.45) is 10.4. The predicted octanol–water partition coefficient (Wildman–Crippen LogP) is 1.08. The van der Waals surface area contributed by atoms with Gasteiger partial charge in [0.1, 0.15) is 0 Å². The fourth-order valence-electron chi connectivity index (χ4n) is 0.567. The van der Waals surface area contributed by atoms with Crippen molar-refractivity contribution in [2.75, 3.05) is 0 Å². The molecular weight excluding hydrogens is 98.1 g/mol. The maximum atomic E-state index is 6.61. The van der Waals surface area contributed by atoms with Crippen LogP contribution < -0.4 is 0 Å². The third kappa shape index (κ3) is 0.913. The molecule has 0 N–H and O–H groups in total. The first-order valence-electron chi connectivity index (χ1n) is 2.44. The van der Waals surface area contributed by atoms with Crippen molar-refractivity contribution in [2.24, 2.45) is 0 Å². The molecule has 8 heavy (non-hydrogen) atoms. The van der Waals surface area contributed by atoms with Gasteiger partial charge in [-0.2, -0.15) is 0 Å². The zero-order valence-electron chi connectivity index (χ0n) is 4.46. The summed E-state index contributed by atoms with van der Waals surface area (Å²) in [5.74, 6) is 2.28. The van der Waals surface area contributed by atoms with E-state index in [1.165, 1.54) is 0 Å². The van der Waals surface area contributed by atoms with Gasteiger partial charge in [0.15, 0.2) is 0 Å². The van der Waals surface area contributed by atoms with Gasteiger partial charge in [0.25, 0.3) is 0 Å². The number of hydrogen-bond donors (Lipinski definition) is 0. The smallest absolute Gasteiger partial charge is 0.0841 e. The molecule has 0 bridgehead atoms. The second-order valence-corrected chi connectivity index (χ2v) is 1.53. The zero-order valence-corrected chi connectivity index (χ0v) is 4.46. The predicted molar refractivity (Wildman–Crippen MR) is 31.6 cm³/mol. The van der Waals surface area contributed by atoms with Crippen LogP contribution in [0, 0.1) is 12.3 Å². The molecule has 0 fully saturated rings. The zero-order chi connectivity index (χ0) is 5.82. The van der Waals surface area contributed by atoms with Crippen molar-refractivity contribution >= 4 is 0 Å². The van der Waals surface area contributed by atoms with Crippen LogP contribution in [0.3, 0.4) is 0 Å². The first-order chi connectivity index (χ1) is 3.93. The normalized spacial score (nSPS) is 8.38. The van der Waals surface area contributed by atoms with Crippen molar-refractivity contribution in [3.8, 4) is 5.92 Å². The minimum absolute atomic E-state index is 0.562. The molecule has 0 aliphatic rings. The van der Waals surface area contributed by atoms with Crippen LogP contribution in [0.15, 0.2) is 24.5 Å². The Morgan fingerprint density at radius 1 is 1.38 bits per heavy atom. The van der Waals surface area contributed by atoms with Gasteiger partial charge < -0.3 is 4.57 Å². The van der Waals surface area contributed by atoms with E-state index in [0.29, 0.717) is 6.54 Å². The van der Waals surface area contributed by atoms with Gasteiger partial charge in [-0.1, -0.05) is 5.92 Å². The molecule has 1 aromatic heterocycles. The lowest BCUT2D eigenvalue weighted by Crippen LogP contribution is -1.87. The average Bonchev–Trinajstić information content (AvgIpc) is 2.19. The monoisotopic (exact) mass is 104 g/mol. The molecule has 0 unspecified atom stereocenters. The molecule has 1 heterocycles. The van der Waals surface area contributed by atoms with Crippen LogP contribution in [-0.2, 0) is 6.54 Å². The van der Waals surface area contributed by atoms with E-state index in [2.05, 4.69) is 5.92 Å². The molecule has 0 spiro atoms. The second-order valence-electron chi connectivity index (χ2n) is 1.53. The average molecular weight is 104 g/mol. The van der Waals surface area contributed by atoms with Gasteiger partial charge in [-0.25, -0.2) is 0 Å². The summed E-state index contributed by atoms with van der Waals surface area (Å²) in [4.78, 5) is 0. The van der Waals surface area contributed by atoms with Gasteiger partial charge >= 0.3 is 0 Å². The SMILES string of the molecule is [C]#CCn1cccc1. The molecule has 0 aliphatic heterocycles. The van der Waals surface area contributed by atoms with Crippen LogP contribution in [0.25, 0.3) is 0 Å². The topological polar surface area (TPSA) is 4.93 Å². The van der Waals surface area contributed by atoms with E-state index in [4.69, 9.17) is 6.42 Å². The molecule has 0 aliphatic carbocycles. The molecule has 1 heteroatoms. The Labute approximate surface area is 48.9 Å². The summed E-state index contributed by atoms with van der Waals surface area (Å²) >= 11 is 0. The summed E-state index contributed by atoms with van der Waals surface area (Å²) in [6.45, 7) is 0.562. The second kappa shape index (κ2) is 2.23. The number of rotatable bonds is 1. The Hall–Kier alpha value is -1.16. The van der Waals surface area contributed by atoms with Gasteiger partial charge in [0.05, 0.1) is 6.54 Å². The molecule has 1 rings (SSSR count). The van der Waals surface area contributed by atoms with Gasteiger partial charge in [-0.3, -0.25) is 0 Å². The molecule has 1 nitrogen and oxygen atoms in total. The fraction of sp³-hybridized carbons (Fsp3) is 0.143. The van der Waals surface area contributed by atoms with Gasteiger partial charge in [-0.05, 0) is 18.6 Å². The maximum Gasteiger partial charge on any atom is 0.0841 e. The summed E-state index contributed by atoms with van der Waals surface area (Å²) in [5, 5.41) is 0. The summed E-state index contributed by atoms with van der Waals surface area (Å²) < 4.78 is 1.88. The van der Waals surface area contributed by atoms with E-state index in [1.54, 1.807) is 0 Å². The largest absolute Gasteiger partial charge is 0.343 e. The van der Waals surface area contributed by atoms with Crippen LogP contribution in [0.5, 0.6) is 0 Å². The lowest BCUT2D eigenvalue weighted by Gasteiger charge is -1.89. The number of hydrogen-bond acceptors (Lipinski definition) is 0. The van der Waals surface area contributed by atoms with Gasteiger partial charge in [0.2, 0.25) is 0 Å². The van der Waals surface area contributed by atoms with E-state index in [0.717, 1.165) is 0 Å². The number of aromatic nitrogens is 1. The highest BCUT2D eigenvalue weighted by Gasteiger charge is 1.78. The van der Waals surface area contributed by atoms with E-state index in [9.17, 15) is 0 Å². The Morgan fingerprint density at radius 2 is 2.00 bits per heavy atom. The molecule has 1 aromatic rings. The van der Waals surface area contributed by atoms with Crippen molar-refractivity contribution in [3.63, 3.8) is 0 Å². The quantitative estimate of drug-likeness (QED) is 0.470. The summed E-state index contributed by atoms with van der Waals surface area (Å²) in [6, 6.07) is 3.86. The first-order valence-corrected chi connectivity index (χ1v) is 2.44. The molecule has 39 valence electrons. The van der Waals surface area contributed by atoms with Crippen molar-refractivity contribution in [1.82, 2.24) is 4.57 Å². The fourth-order valence-corrected chi connectivity index (χ4v) is 0.567. The highest BCUT2D eigenvalue weighted by atomic mass is 14.9. The van der Waals surface area contributed by atoms with Crippen molar-refractivity contribution in [3.05, 3.63) is 30.9 Å². The van der Waals surface area contributed by atoms with Crippen molar-refractivity contribution in [1.29, 1.82) is 0 Å². The van der Waals surface area contributed by atoms with Crippen LogP contribution in [0.2, 0.25) is 0 Å². The first kappa shape index (κ1) is 4.99. The lowest BCUT2D eigenvalue weighted by molar-refractivity contribution is 0.850. The third-order valence-electron chi connectivity index (χ3n) is 0.928. The standard InChI is InChI=1S/C7H6N/c1-2-5-8-6-3-4-7-8/h3-4,6-7H,5H2. The van der Waals surface area contributed by atoms with Gasteiger partial charge in [0, 0.05) is 12.4 Å². The molecule has 0 atom stereocenters. The molecule has 0 saturated carbocycles. The van der Waals surface area contributed by atoms with Crippen molar-refractivity contribution in [2.45, 2.75) is 6.54 Å². The summed E-state index contributed by atoms with van der Waals surface area (Å²) in [7, 11) is 0. The van der Waals surface area contributed by atoms with Crippen LogP contribution >= 0.6 is 0 Å². The minimum atomic E-state index is 0.562. The number of nitrogens with zero attached hydrogens (tertiary/aromatic N) is 1. The van der Waals surface area contributed by atoms with Crippen LogP contribution in [0.4, 0.5) is 0 Å². The van der Waals surface area contributed by atoms with Crippen molar-refractivity contribution < 1.29 is 0 Å². The molecule has 0 amide bonds. The van der Waals surface area contributed by atoms with E-state index < -0.39 is 0 Å². The van der Waals surface area contributed by atoms with Crippen LogP contribution in [-0.4, -0.2) is 4.57 Å². The Kier molecular flexibility index (Phi) is 1.39. The lowest BCUT2D eigenvalue weighted by atomic mass is 10.6. The van der Waals surface area contributed by atoms with Gasteiger partial charge in [-0.15, -0.1) is 0 Å². The van der Waals surface area contributed by atoms with E-state index >= 15 is 0 Å². The summed E-state index contributed by atoms with van der Waals surface area (Å²) in [5.41, 5.74) is 0. The molecule has 0 aromatic carbocycles. The Morgan fingerprint density at radius 3 is 2.50 bits per heavy atom. The molecular formula is C7H6N. The van der Waals surface area contributed by atoms with E-state index in [1.807, 2.05) is 29.1 Å². The Bertz CT molecular complexity index is 179. The van der Waals surface area contributed by atoms with Crippen LogP contribution in [0.1, 0.15) is 0 Å². The molecule has 1 radical (unpaired) electrons. The molecule has 0 saturated heterocycles.